The highest BCUT2D eigenvalue weighted by molar-refractivity contribution is 9.11. The van der Waals surface area contributed by atoms with Gasteiger partial charge >= 0.3 is 0 Å². The largest absolute Gasteiger partial charge is 0.328 e. The SMILES string of the molecule is Cc1cc(CC(C)N)nc(-c2ncc(Br)cc2Br)n1. The fourth-order valence-electron chi connectivity index (χ4n) is 1.75. The van der Waals surface area contributed by atoms with Crippen molar-refractivity contribution < 1.29 is 0 Å². The maximum absolute atomic E-state index is 5.82. The zero-order valence-electron chi connectivity index (χ0n) is 10.7. The van der Waals surface area contributed by atoms with Crippen LogP contribution in [0.1, 0.15) is 18.3 Å². The zero-order valence-corrected chi connectivity index (χ0v) is 13.9. The van der Waals surface area contributed by atoms with Gasteiger partial charge in [0.15, 0.2) is 5.82 Å². The second-order valence-electron chi connectivity index (χ2n) is 4.49. The van der Waals surface area contributed by atoms with Gasteiger partial charge in [0.05, 0.1) is 0 Å². The predicted octanol–water partition coefficient (Wildman–Crippen LogP) is 3.26. The van der Waals surface area contributed by atoms with Crippen molar-refractivity contribution in [2.75, 3.05) is 0 Å². The van der Waals surface area contributed by atoms with Crippen LogP contribution in [0.15, 0.2) is 27.3 Å². The molecule has 1 unspecified atom stereocenters. The molecule has 19 heavy (non-hydrogen) atoms. The van der Waals surface area contributed by atoms with E-state index in [1.54, 1.807) is 6.20 Å². The molecular weight excluding hydrogens is 372 g/mol. The van der Waals surface area contributed by atoms with Crippen LogP contribution < -0.4 is 5.73 Å². The molecular formula is C13H14Br2N4. The quantitative estimate of drug-likeness (QED) is 0.880. The van der Waals surface area contributed by atoms with Crippen LogP contribution >= 0.6 is 31.9 Å². The average molecular weight is 386 g/mol. The molecule has 0 spiro atoms. The zero-order chi connectivity index (χ0) is 14.0. The van der Waals surface area contributed by atoms with Crippen LogP contribution in [0.25, 0.3) is 11.5 Å². The molecule has 2 aromatic rings. The Morgan fingerprint density at radius 3 is 2.63 bits per heavy atom. The summed E-state index contributed by atoms with van der Waals surface area (Å²) < 4.78 is 1.77. The normalized spacial score (nSPS) is 12.5. The van der Waals surface area contributed by atoms with E-state index in [-0.39, 0.29) is 6.04 Å². The summed E-state index contributed by atoms with van der Waals surface area (Å²) in [7, 11) is 0. The molecule has 2 N–H and O–H groups in total. The highest BCUT2D eigenvalue weighted by atomic mass is 79.9. The summed E-state index contributed by atoms with van der Waals surface area (Å²) in [6.07, 6.45) is 2.46. The molecule has 0 saturated carbocycles. The first kappa shape index (κ1) is 14.6. The first-order valence-corrected chi connectivity index (χ1v) is 7.46. The van der Waals surface area contributed by atoms with E-state index in [4.69, 9.17) is 5.73 Å². The molecule has 2 aromatic heterocycles. The molecule has 0 aliphatic heterocycles. The number of hydrogen-bond donors (Lipinski definition) is 1. The van der Waals surface area contributed by atoms with Crippen molar-refractivity contribution in [1.29, 1.82) is 0 Å². The molecule has 2 heterocycles. The lowest BCUT2D eigenvalue weighted by atomic mass is 10.1. The summed E-state index contributed by atoms with van der Waals surface area (Å²) in [5, 5.41) is 0. The van der Waals surface area contributed by atoms with Gasteiger partial charge in [-0.05, 0) is 57.8 Å². The molecule has 6 heteroatoms. The van der Waals surface area contributed by atoms with E-state index >= 15 is 0 Å². The number of nitrogens with zero attached hydrogens (tertiary/aromatic N) is 3. The third-order valence-electron chi connectivity index (χ3n) is 2.46. The Morgan fingerprint density at radius 1 is 1.26 bits per heavy atom. The van der Waals surface area contributed by atoms with Crippen LogP contribution in [0.4, 0.5) is 0 Å². The molecule has 0 bridgehead atoms. The second kappa shape index (κ2) is 6.07. The predicted molar refractivity (Wildman–Crippen MR) is 82.8 cm³/mol. The Kier molecular flexibility index (Phi) is 4.65. The highest BCUT2D eigenvalue weighted by Crippen LogP contribution is 2.26. The first-order chi connectivity index (χ1) is 8.95. The number of aryl methyl sites for hydroxylation is 1. The second-order valence-corrected chi connectivity index (χ2v) is 6.26. The van der Waals surface area contributed by atoms with Crippen LogP contribution in [0.2, 0.25) is 0 Å². The Labute approximate surface area is 129 Å². The van der Waals surface area contributed by atoms with E-state index in [9.17, 15) is 0 Å². The first-order valence-electron chi connectivity index (χ1n) is 5.87. The molecule has 2 rings (SSSR count). The van der Waals surface area contributed by atoms with Crippen molar-refractivity contribution in [2.24, 2.45) is 5.73 Å². The van der Waals surface area contributed by atoms with Crippen LogP contribution in [-0.4, -0.2) is 21.0 Å². The van der Waals surface area contributed by atoms with Crippen molar-refractivity contribution in [3.63, 3.8) is 0 Å². The van der Waals surface area contributed by atoms with Crippen LogP contribution in [0.5, 0.6) is 0 Å². The minimum Gasteiger partial charge on any atom is -0.328 e. The van der Waals surface area contributed by atoms with Crippen LogP contribution in [0.3, 0.4) is 0 Å². The molecule has 0 saturated heterocycles. The van der Waals surface area contributed by atoms with Gasteiger partial charge in [0.1, 0.15) is 5.69 Å². The summed E-state index contributed by atoms with van der Waals surface area (Å²) in [6, 6.07) is 3.96. The third-order valence-corrected chi connectivity index (χ3v) is 3.50. The van der Waals surface area contributed by atoms with Gasteiger partial charge in [-0.1, -0.05) is 0 Å². The molecule has 4 nitrogen and oxygen atoms in total. The van der Waals surface area contributed by atoms with Gasteiger partial charge in [0.25, 0.3) is 0 Å². The number of nitrogens with two attached hydrogens (primary N) is 1. The van der Waals surface area contributed by atoms with Crippen molar-refractivity contribution >= 4 is 31.9 Å². The standard InChI is InChI=1S/C13H14Br2N4/c1-7(16)3-10-4-8(2)18-13(19-10)12-11(15)5-9(14)6-17-12/h4-7H,3,16H2,1-2H3. The molecule has 1 atom stereocenters. The highest BCUT2D eigenvalue weighted by Gasteiger charge is 2.11. The lowest BCUT2D eigenvalue weighted by Gasteiger charge is -2.08. The number of rotatable bonds is 3. The molecule has 0 fully saturated rings. The Morgan fingerprint density at radius 2 is 2.00 bits per heavy atom. The van der Waals surface area contributed by atoms with Crippen LogP contribution in [-0.2, 0) is 6.42 Å². The Hall–Kier alpha value is -0.850. The topological polar surface area (TPSA) is 64.7 Å². The van der Waals surface area contributed by atoms with Gasteiger partial charge in [0.2, 0.25) is 0 Å². The van der Waals surface area contributed by atoms with E-state index in [2.05, 4.69) is 46.8 Å². The van der Waals surface area contributed by atoms with Crippen molar-refractivity contribution in [1.82, 2.24) is 15.0 Å². The van der Waals surface area contributed by atoms with Gasteiger partial charge in [-0.2, -0.15) is 0 Å². The molecule has 0 aliphatic rings. The smallest absolute Gasteiger partial charge is 0.179 e. The summed E-state index contributed by atoms with van der Waals surface area (Å²) in [4.78, 5) is 13.3. The van der Waals surface area contributed by atoms with Crippen molar-refractivity contribution in [3.8, 4) is 11.5 Å². The maximum atomic E-state index is 5.82. The molecule has 0 aromatic carbocycles. The van der Waals surface area contributed by atoms with Gasteiger partial charge in [-0.25, -0.2) is 9.97 Å². The van der Waals surface area contributed by atoms with Gasteiger partial charge in [0, 0.05) is 39.0 Å². The van der Waals surface area contributed by atoms with Crippen LogP contribution in [0, 0.1) is 6.92 Å². The number of halogens is 2. The number of aromatic nitrogens is 3. The lowest BCUT2D eigenvalue weighted by Crippen LogP contribution is -2.19. The van der Waals surface area contributed by atoms with Gasteiger partial charge in [-0.3, -0.25) is 4.98 Å². The summed E-state index contributed by atoms with van der Waals surface area (Å²) in [5.74, 6) is 0.620. The summed E-state index contributed by atoms with van der Waals surface area (Å²) in [5.41, 5.74) is 8.41. The minimum absolute atomic E-state index is 0.0727. The molecule has 0 amide bonds. The van der Waals surface area contributed by atoms with Crippen molar-refractivity contribution in [3.05, 3.63) is 38.7 Å². The lowest BCUT2D eigenvalue weighted by molar-refractivity contribution is 0.719. The van der Waals surface area contributed by atoms with E-state index in [1.807, 2.05) is 26.0 Å². The Balaban J connectivity index is 2.46. The number of pyridine rings is 1. The fraction of sp³-hybridized carbons (Fsp3) is 0.308. The average Bonchev–Trinajstić information content (AvgIpc) is 2.26. The van der Waals surface area contributed by atoms with E-state index < -0.39 is 0 Å². The molecule has 0 radical (unpaired) electrons. The van der Waals surface area contributed by atoms with E-state index in [0.29, 0.717) is 5.82 Å². The minimum atomic E-state index is 0.0727. The Bertz CT molecular complexity index is 599. The molecule has 100 valence electrons. The monoisotopic (exact) mass is 384 g/mol. The fourth-order valence-corrected chi connectivity index (χ4v) is 2.92. The summed E-state index contributed by atoms with van der Waals surface area (Å²) >= 11 is 6.87. The summed E-state index contributed by atoms with van der Waals surface area (Å²) in [6.45, 7) is 3.91. The van der Waals surface area contributed by atoms with E-state index in [1.165, 1.54) is 0 Å². The van der Waals surface area contributed by atoms with Gasteiger partial charge in [-0.15, -0.1) is 0 Å². The third kappa shape index (κ3) is 3.81. The van der Waals surface area contributed by atoms with E-state index in [0.717, 1.165) is 32.4 Å². The molecule has 0 aliphatic carbocycles. The van der Waals surface area contributed by atoms with Gasteiger partial charge < -0.3 is 5.73 Å². The maximum Gasteiger partial charge on any atom is 0.179 e. The van der Waals surface area contributed by atoms with Crippen molar-refractivity contribution in [2.45, 2.75) is 26.3 Å². The number of hydrogen-bond acceptors (Lipinski definition) is 4.